The first-order valence-electron chi connectivity index (χ1n) is 8.03. The molecule has 1 amide bonds. The second-order valence-corrected chi connectivity index (χ2v) is 6.99. The number of ether oxygens (including phenoxy) is 1. The standard InChI is InChI=1S/C19H20FNO2S/c1-13-2-5-15(6-3-13)23-10-8-19(22)21-17-9-11-24-18-7-4-14(20)12-16(17)18/h2-7,12,17H,8-11H2,1H3,(H,21,22)/t17-/m0/s1. The van der Waals surface area contributed by atoms with Crippen LogP contribution in [0.25, 0.3) is 0 Å². The van der Waals surface area contributed by atoms with Gasteiger partial charge in [0.15, 0.2) is 0 Å². The lowest BCUT2D eigenvalue weighted by molar-refractivity contribution is -0.122. The van der Waals surface area contributed by atoms with Crippen LogP contribution >= 0.6 is 11.8 Å². The van der Waals surface area contributed by atoms with E-state index in [0.29, 0.717) is 6.61 Å². The van der Waals surface area contributed by atoms with E-state index in [1.807, 2.05) is 31.2 Å². The van der Waals surface area contributed by atoms with Gasteiger partial charge >= 0.3 is 0 Å². The minimum atomic E-state index is -0.266. The summed E-state index contributed by atoms with van der Waals surface area (Å²) in [5.74, 6) is 1.34. The van der Waals surface area contributed by atoms with E-state index in [4.69, 9.17) is 4.74 Å². The number of nitrogens with one attached hydrogen (secondary N) is 1. The van der Waals surface area contributed by atoms with Crippen molar-refractivity contribution < 1.29 is 13.9 Å². The Hall–Kier alpha value is -2.01. The van der Waals surface area contributed by atoms with Crippen LogP contribution in [0.4, 0.5) is 4.39 Å². The van der Waals surface area contributed by atoms with Crippen molar-refractivity contribution >= 4 is 17.7 Å². The second-order valence-electron chi connectivity index (χ2n) is 5.85. The molecule has 3 nitrogen and oxygen atoms in total. The Morgan fingerprint density at radius 2 is 2.08 bits per heavy atom. The normalized spacial score (nSPS) is 16.3. The largest absolute Gasteiger partial charge is 0.493 e. The third-order valence-corrected chi connectivity index (χ3v) is 5.09. The fraction of sp³-hybridized carbons (Fsp3) is 0.316. The van der Waals surface area contributed by atoms with Crippen LogP contribution in [-0.4, -0.2) is 18.3 Å². The predicted molar refractivity (Wildman–Crippen MR) is 93.9 cm³/mol. The quantitative estimate of drug-likeness (QED) is 0.880. The molecular formula is C19H20FNO2S. The first kappa shape index (κ1) is 16.8. The van der Waals surface area contributed by atoms with E-state index in [9.17, 15) is 9.18 Å². The molecule has 0 saturated carbocycles. The fourth-order valence-electron chi connectivity index (χ4n) is 2.68. The van der Waals surface area contributed by atoms with Gasteiger partial charge in [-0.2, -0.15) is 0 Å². The molecule has 1 N–H and O–H groups in total. The van der Waals surface area contributed by atoms with Crippen molar-refractivity contribution in [3.05, 3.63) is 59.4 Å². The van der Waals surface area contributed by atoms with Crippen molar-refractivity contribution in [3.8, 4) is 5.75 Å². The highest BCUT2D eigenvalue weighted by Crippen LogP contribution is 2.36. The van der Waals surface area contributed by atoms with Gasteiger partial charge in [0.25, 0.3) is 0 Å². The average Bonchev–Trinajstić information content (AvgIpc) is 2.57. The molecule has 0 bridgehead atoms. The van der Waals surface area contributed by atoms with Gasteiger partial charge in [-0.25, -0.2) is 4.39 Å². The van der Waals surface area contributed by atoms with Gasteiger partial charge in [-0.1, -0.05) is 17.7 Å². The summed E-state index contributed by atoms with van der Waals surface area (Å²) in [6.07, 6.45) is 1.09. The number of carbonyl (C=O) groups is 1. The van der Waals surface area contributed by atoms with Crippen LogP contribution in [0.15, 0.2) is 47.4 Å². The Kier molecular flexibility index (Phi) is 5.41. The maximum Gasteiger partial charge on any atom is 0.223 e. The molecule has 0 saturated heterocycles. The summed E-state index contributed by atoms with van der Waals surface area (Å²) in [5, 5.41) is 3.00. The first-order valence-corrected chi connectivity index (χ1v) is 9.01. The van der Waals surface area contributed by atoms with Crippen LogP contribution in [0.2, 0.25) is 0 Å². The summed E-state index contributed by atoms with van der Waals surface area (Å²) in [5.41, 5.74) is 2.04. The van der Waals surface area contributed by atoms with Gasteiger partial charge in [0, 0.05) is 10.6 Å². The molecule has 2 aromatic rings. The van der Waals surface area contributed by atoms with Gasteiger partial charge < -0.3 is 10.1 Å². The van der Waals surface area contributed by atoms with Crippen LogP contribution in [0.1, 0.15) is 30.0 Å². The number of hydrogen-bond acceptors (Lipinski definition) is 3. The number of amides is 1. The highest BCUT2D eigenvalue weighted by molar-refractivity contribution is 7.99. The Morgan fingerprint density at radius 3 is 2.88 bits per heavy atom. The molecular weight excluding hydrogens is 325 g/mol. The van der Waals surface area contributed by atoms with Crippen molar-refractivity contribution in [3.63, 3.8) is 0 Å². The summed E-state index contributed by atoms with van der Waals surface area (Å²) in [6.45, 7) is 2.34. The lowest BCUT2D eigenvalue weighted by Gasteiger charge is -2.26. The van der Waals surface area contributed by atoms with E-state index in [1.54, 1.807) is 17.8 Å². The highest BCUT2D eigenvalue weighted by atomic mass is 32.2. The number of thioether (sulfide) groups is 1. The Morgan fingerprint density at radius 1 is 1.29 bits per heavy atom. The molecule has 126 valence electrons. The van der Waals surface area contributed by atoms with Crippen molar-refractivity contribution in [2.45, 2.75) is 30.7 Å². The van der Waals surface area contributed by atoms with E-state index in [1.165, 1.54) is 17.7 Å². The molecule has 0 fully saturated rings. The van der Waals surface area contributed by atoms with Gasteiger partial charge in [0.05, 0.1) is 19.1 Å². The van der Waals surface area contributed by atoms with Gasteiger partial charge in [0.2, 0.25) is 5.91 Å². The minimum Gasteiger partial charge on any atom is -0.493 e. The van der Waals surface area contributed by atoms with Gasteiger partial charge in [0.1, 0.15) is 11.6 Å². The molecule has 1 heterocycles. The van der Waals surface area contributed by atoms with E-state index in [-0.39, 0.29) is 24.2 Å². The van der Waals surface area contributed by atoms with Gasteiger partial charge in [-0.05, 0) is 49.2 Å². The molecule has 5 heteroatoms. The SMILES string of the molecule is Cc1ccc(OCCC(=O)N[C@H]2CCSc3ccc(F)cc32)cc1. The third kappa shape index (κ3) is 4.29. The predicted octanol–water partition coefficient (Wildman–Crippen LogP) is 4.26. The Labute approximate surface area is 145 Å². The molecule has 1 aliphatic heterocycles. The first-order chi connectivity index (χ1) is 11.6. The number of carbonyl (C=O) groups excluding carboxylic acids is 1. The summed E-state index contributed by atoms with van der Waals surface area (Å²) in [6, 6.07) is 12.4. The van der Waals surface area contributed by atoms with E-state index < -0.39 is 0 Å². The molecule has 0 unspecified atom stereocenters. The van der Waals surface area contributed by atoms with Crippen molar-refractivity contribution in [2.24, 2.45) is 0 Å². The van der Waals surface area contributed by atoms with Crippen molar-refractivity contribution in [1.29, 1.82) is 0 Å². The zero-order chi connectivity index (χ0) is 16.9. The number of benzene rings is 2. The summed E-state index contributed by atoms with van der Waals surface area (Å²) < 4.78 is 19.1. The average molecular weight is 345 g/mol. The zero-order valence-electron chi connectivity index (χ0n) is 13.5. The molecule has 2 aromatic carbocycles. The van der Waals surface area contributed by atoms with Gasteiger partial charge in [-0.3, -0.25) is 4.79 Å². The maximum absolute atomic E-state index is 13.5. The summed E-state index contributed by atoms with van der Waals surface area (Å²) in [4.78, 5) is 13.2. The molecule has 1 atom stereocenters. The topological polar surface area (TPSA) is 38.3 Å². The Balaban J connectivity index is 1.52. The molecule has 0 aromatic heterocycles. The fourth-order valence-corrected chi connectivity index (χ4v) is 3.78. The summed E-state index contributed by atoms with van der Waals surface area (Å²) in [7, 11) is 0. The molecule has 24 heavy (non-hydrogen) atoms. The van der Waals surface area contributed by atoms with Crippen molar-refractivity contribution in [2.75, 3.05) is 12.4 Å². The number of halogens is 1. The minimum absolute atomic E-state index is 0.0748. The monoisotopic (exact) mass is 345 g/mol. The molecule has 0 radical (unpaired) electrons. The van der Waals surface area contributed by atoms with E-state index in [0.717, 1.165) is 28.4 Å². The number of hydrogen-bond donors (Lipinski definition) is 1. The van der Waals surface area contributed by atoms with E-state index in [2.05, 4.69) is 5.32 Å². The number of rotatable bonds is 5. The smallest absolute Gasteiger partial charge is 0.223 e. The third-order valence-electron chi connectivity index (χ3n) is 3.97. The maximum atomic E-state index is 13.5. The van der Waals surface area contributed by atoms with Gasteiger partial charge in [-0.15, -0.1) is 11.8 Å². The van der Waals surface area contributed by atoms with Crippen LogP contribution in [0.5, 0.6) is 5.75 Å². The number of aryl methyl sites for hydroxylation is 1. The molecule has 0 spiro atoms. The zero-order valence-corrected chi connectivity index (χ0v) is 14.4. The molecule has 0 aliphatic carbocycles. The van der Waals surface area contributed by atoms with Crippen LogP contribution in [0, 0.1) is 12.7 Å². The highest BCUT2D eigenvalue weighted by Gasteiger charge is 2.22. The number of fused-ring (bicyclic) bond motifs is 1. The van der Waals surface area contributed by atoms with Crippen molar-refractivity contribution in [1.82, 2.24) is 5.32 Å². The lowest BCUT2D eigenvalue weighted by Crippen LogP contribution is -2.31. The van der Waals surface area contributed by atoms with Crippen LogP contribution in [-0.2, 0) is 4.79 Å². The summed E-state index contributed by atoms with van der Waals surface area (Å²) >= 11 is 1.70. The van der Waals surface area contributed by atoms with Crippen LogP contribution in [0.3, 0.4) is 0 Å². The van der Waals surface area contributed by atoms with E-state index >= 15 is 0 Å². The Bertz CT molecular complexity index is 718. The lowest BCUT2D eigenvalue weighted by atomic mass is 10.0. The second kappa shape index (κ2) is 7.71. The van der Waals surface area contributed by atoms with Crippen LogP contribution < -0.4 is 10.1 Å². The molecule has 1 aliphatic rings. The molecule has 3 rings (SSSR count).